The summed E-state index contributed by atoms with van der Waals surface area (Å²) in [5, 5.41) is 0. The molecule has 0 saturated carbocycles. The number of rotatable bonds is 4. The van der Waals surface area contributed by atoms with Gasteiger partial charge >= 0.3 is 0 Å². The molecule has 0 aromatic carbocycles. The van der Waals surface area contributed by atoms with Gasteiger partial charge in [0.2, 0.25) is 0 Å². The molecular formula is C13H18N4. The average Bonchev–Trinajstić information content (AvgIpc) is 2.80. The Morgan fingerprint density at radius 2 is 2.18 bits per heavy atom. The molecule has 0 bridgehead atoms. The fourth-order valence-corrected chi connectivity index (χ4v) is 1.90. The molecule has 3 N–H and O–H groups in total. The van der Waals surface area contributed by atoms with E-state index in [9.17, 15) is 0 Å². The molecule has 0 radical (unpaired) electrons. The number of nitrogens with zero attached hydrogens (tertiary/aromatic N) is 2. The van der Waals surface area contributed by atoms with Gasteiger partial charge in [-0.25, -0.2) is 4.98 Å². The van der Waals surface area contributed by atoms with E-state index in [1.54, 1.807) is 12.4 Å². The van der Waals surface area contributed by atoms with Crippen LogP contribution in [0.2, 0.25) is 0 Å². The molecular weight excluding hydrogens is 212 g/mol. The van der Waals surface area contributed by atoms with Crippen LogP contribution in [-0.4, -0.2) is 15.0 Å². The molecule has 0 amide bonds. The van der Waals surface area contributed by atoms with Gasteiger partial charge in [-0.05, 0) is 25.5 Å². The molecule has 0 saturated heterocycles. The van der Waals surface area contributed by atoms with Crippen LogP contribution in [0.25, 0.3) is 11.4 Å². The number of pyridine rings is 1. The maximum Gasteiger partial charge on any atom is 0.126 e. The number of aromatic nitrogens is 3. The van der Waals surface area contributed by atoms with Crippen LogP contribution in [0.3, 0.4) is 0 Å². The normalized spacial score (nSPS) is 14.5. The zero-order chi connectivity index (χ0) is 12.3. The predicted octanol–water partition coefficient (Wildman–Crippen LogP) is 2.45. The van der Waals surface area contributed by atoms with Gasteiger partial charge in [0, 0.05) is 6.20 Å². The van der Waals surface area contributed by atoms with E-state index in [0.717, 1.165) is 30.1 Å². The number of aromatic amines is 1. The van der Waals surface area contributed by atoms with Crippen LogP contribution in [0.4, 0.5) is 0 Å². The van der Waals surface area contributed by atoms with Crippen LogP contribution in [0.1, 0.15) is 32.5 Å². The van der Waals surface area contributed by atoms with Crippen LogP contribution >= 0.6 is 0 Å². The fraction of sp³-hybridized carbons (Fsp3) is 0.385. The predicted molar refractivity (Wildman–Crippen MR) is 68.3 cm³/mol. The van der Waals surface area contributed by atoms with E-state index in [0.29, 0.717) is 0 Å². The first-order valence-corrected chi connectivity index (χ1v) is 5.89. The van der Waals surface area contributed by atoms with Crippen molar-refractivity contribution in [1.29, 1.82) is 0 Å². The van der Waals surface area contributed by atoms with Crippen molar-refractivity contribution >= 4 is 0 Å². The SMILES string of the molecule is CCCC(C)(N)c1ncc(-c2ccccn2)[nH]1. The first-order valence-electron chi connectivity index (χ1n) is 5.89. The molecule has 0 fully saturated rings. The molecule has 1 unspecified atom stereocenters. The van der Waals surface area contributed by atoms with E-state index in [-0.39, 0.29) is 0 Å². The highest BCUT2D eigenvalue weighted by Crippen LogP contribution is 2.22. The Labute approximate surface area is 101 Å². The third kappa shape index (κ3) is 2.53. The topological polar surface area (TPSA) is 67.6 Å². The smallest absolute Gasteiger partial charge is 0.126 e. The van der Waals surface area contributed by atoms with Crippen LogP contribution in [0.5, 0.6) is 0 Å². The van der Waals surface area contributed by atoms with Crippen LogP contribution in [-0.2, 0) is 5.54 Å². The first kappa shape index (κ1) is 11.8. The Morgan fingerprint density at radius 1 is 1.35 bits per heavy atom. The van der Waals surface area contributed by atoms with E-state index >= 15 is 0 Å². The summed E-state index contributed by atoms with van der Waals surface area (Å²) in [6.07, 6.45) is 5.50. The van der Waals surface area contributed by atoms with Crippen molar-refractivity contribution in [2.75, 3.05) is 0 Å². The van der Waals surface area contributed by atoms with Crippen molar-refractivity contribution < 1.29 is 0 Å². The van der Waals surface area contributed by atoms with E-state index in [1.807, 2.05) is 25.1 Å². The fourth-order valence-electron chi connectivity index (χ4n) is 1.90. The second kappa shape index (κ2) is 4.67. The Hall–Kier alpha value is -1.68. The Kier molecular flexibility index (Phi) is 3.24. The van der Waals surface area contributed by atoms with Crippen molar-refractivity contribution in [1.82, 2.24) is 15.0 Å². The van der Waals surface area contributed by atoms with Gasteiger partial charge in [0.25, 0.3) is 0 Å². The minimum Gasteiger partial charge on any atom is -0.339 e. The van der Waals surface area contributed by atoms with E-state index < -0.39 is 5.54 Å². The van der Waals surface area contributed by atoms with Gasteiger partial charge < -0.3 is 10.7 Å². The lowest BCUT2D eigenvalue weighted by atomic mass is 9.97. The van der Waals surface area contributed by atoms with Crippen molar-refractivity contribution in [3.05, 3.63) is 36.4 Å². The molecule has 2 heterocycles. The zero-order valence-corrected chi connectivity index (χ0v) is 10.3. The molecule has 17 heavy (non-hydrogen) atoms. The number of hydrogen-bond acceptors (Lipinski definition) is 3. The second-order valence-electron chi connectivity index (χ2n) is 4.53. The van der Waals surface area contributed by atoms with Gasteiger partial charge in [0.15, 0.2) is 0 Å². The summed E-state index contributed by atoms with van der Waals surface area (Å²) in [7, 11) is 0. The zero-order valence-electron chi connectivity index (χ0n) is 10.3. The second-order valence-corrected chi connectivity index (χ2v) is 4.53. The molecule has 0 aliphatic rings. The standard InChI is InChI=1S/C13H18N4/c1-3-7-13(2,14)12-16-9-11(17-12)10-6-4-5-8-15-10/h4-6,8-9H,3,7,14H2,1-2H3,(H,16,17). The molecule has 2 rings (SSSR count). The van der Waals surface area contributed by atoms with Crippen molar-refractivity contribution in [3.8, 4) is 11.4 Å². The Morgan fingerprint density at radius 3 is 2.82 bits per heavy atom. The maximum atomic E-state index is 6.23. The third-order valence-corrected chi connectivity index (χ3v) is 2.83. The molecule has 2 aromatic heterocycles. The highest BCUT2D eigenvalue weighted by molar-refractivity contribution is 5.52. The highest BCUT2D eigenvalue weighted by atomic mass is 15.0. The summed E-state index contributed by atoms with van der Waals surface area (Å²) in [5.74, 6) is 0.819. The molecule has 0 aliphatic carbocycles. The number of hydrogen-bond donors (Lipinski definition) is 2. The van der Waals surface area contributed by atoms with Crippen LogP contribution < -0.4 is 5.73 Å². The van der Waals surface area contributed by atoms with Gasteiger partial charge in [-0.3, -0.25) is 4.98 Å². The molecule has 4 heteroatoms. The summed E-state index contributed by atoms with van der Waals surface area (Å²) in [6, 6.07) is 5.80. The van der Waals surface area contributed by atoms with Crippen LogP contribution in [0.15, 0.2) is 30.6 Å². The molecule has 4 nitrogen and oxygen atoms in total. The van der Waals surface area contributed by atoms with Gasteiger partial charge in [0.05, 0.1) is 23.1 Å². The largest absolute Gasteiger partial charge is 0.339 e. The van der Waals surface area contributed by atoms with Gasteiger partial charge in [-0.15, -0.1) is 0 Å². The Bertz CT molecular complexity index is 473. The number of nitrogens with two attached hydrogens (primary N) is 1. The molecule has 1 atom stereocenters. The molecule has 0 spiro atoms. The molecule has 0 aliphatic heterocycles. The quantitative estimate of drug-likeness (QED) is 0.847. The van der Waals surface area contributed by atoms with Crippen molar-refractivity contribution in [2.45, 2.75) is 32.2 Å². The summed E-state index contributed by atoms with van der Waals surface area (Å²) in [5.41, 5.74) is 7.62. The summed E-state index contributed by atoms with van der Waals surface area (Å²) < 4.78 is 0. The first-order chi connectivity index (χ1) is 8.13. The Balaban J connectivity index is 2.28. The van der Waals surface area contributed by atoms with Crippen molar-refractivity contribution in [3.63, 3.8) is 0 Å². The van der Waals surface area contributed by atoms with Gasteiger partial charge in [-0.1, -0.05) is 19.4 Å². The summed E-state index contributed by atoms with van der Waals surface area (Å²) >= 11 is 0. The van der Waals surface area contributed by atoms with E-state index in [2.05, 4.69) is 21.9 Å². The lowest BCUT2D eigenvalue weighted by molar-refractivity contribution is 0.423. The lowest BCUT2D eigenvalue weighted by Crippen LogP contribution is -2.34. The average molecular weight is 230 g/mol. The number of nitrogens with one attached hydrogen (secondary N) is 1. The van der Waals surface area contributed by atoms with Crippen molar-refractivity contribution in [2.24, 2.45) is 5.73 Å². The van der Waals surface area contributed by atoms with Crippen LogP contribution in [0, 0.1) is 0 Å². The number of H-pyrrole nitrogens is 1. The minimum atomic E-state index is -0.401. The number of imidazole rings is 1. The third-order valence-electron chi connectivity index (χ3n) is 2.83. The maximum absolute atomic E-state index is 6.23. The molecule has 90 valence electrons. The lowest BCUT2D eigenvalue weighted by Gasteiger charge is -2.20. The highest BCUT2D eigenvalue weighted by Gasteiger charge is 2.23. The summed E-state index contributed by atoms with van der Waals surface area (Å²) in [6.45, 7) is 4.12. The van der Waals surface area contributed by atoms with Gasteiger partial charge in [0.1, 0.15) is 5.82 Å². The minimum absolute atomic E-state index is 0.401. The molecule has 2 aromatic rings. The summed E-state index contributed by atoms with van der Waals surface area (Å²) in [4.78, 5) is 11.9. The monoisotopic (exact) mass is 230 g/mol. The van der Waals surface area contributed by atoms with E-state index in [1.165, 1.54) is 0 Å². The van der Waals surface area contributed by atoms with Gasteiger partial charge in [-0.2, -0.15) is 0 Å². The van der Waals surface area contributed by atoms with E-state index in [4.69, 9.17) is 5.73 Å².